The Labute approximate surface area is 98.4 Å². The topological polar surface area (TPSA) is 38.5 Å². The Hall–Kier alpha value is -0.490. The molecule has 0 aliphatic carbocycles. The molecule has 0 atom stereocenters. The number of nitrogen functional groups attached to an aromatic ring is 1. The third-order valence-electron chi connectivity index (χ3n) is 1.77. The standard InChI is InChI=1S/C10H15IN2O/c1-13(2)5-6-14-10-4-3-8(11)7-9(10)12/h3-4,7H,5-6,12H2,1-2H3. The van der Waals surface area contributed by atoms with Crippen LogP contribution in [0.25, 0.3) is 0 Å². The molecule has 1 aromatic carbocycles. The van der Waals surface area contributed by atoms with E-state index < -0.39 is 0 Å². The van der Waals surface area contributed by atoms with E-state index in [1.54, 1.807) is 0 Å². The minimum Gasteiger partial charge on any atom is -0.490 e. The van der Waals surface area contributed by atoms with E-state index in [-0.39, 0.29) is 0 Å². The molecule has 78 valence electrons. The van der Waals surface area contributed by atoms with Gasteiger partial charge in [0, 0.05) is 10.1 Å². The first-order valence-electron chi connectivity index (χ1n) is 4.42. The molecule has 0 fully saturated rings. The number of anilines is 1. The number of hydrogen-bond donors (Lipinski definition) is 1. The fourth-order valence-corrected chi connectivity index (χ4v) is 1.50. The van der Waals surface area contributed by atoms with Crippen LogP contribution in [-0.4, -0.2) is 32.1 Å². The summed E-state index contributed by atoms with van der Waals surface area (Å²) in [6.07, 6.45) is 0. The zero-order valence-electron chi connectivity index (χ0n) is 8.46. The largest absolute Gasteiger partial charge is 0.490 e. The first-order chi connectivity index (χ1) is 6.59. The Morgan fingerprint density at radius 1 is 1.43 bits per heavy atom. The van der Waals surface area contributed by atoms with E-state index in [1.165, 1.54) is 0 Å². The summed E-state index contributed by atoms with van der Waals surface area (Å²) in [5.74, 6) is 0.771. The summed E-state index contributed by atoms with van der Waals surface area (Å²) in [5, 5.41) is 0. The molecule has 0 heterocycles. The summed E-state index contributed by atoms with van der Waals surface area (Å²) in [7, 11) is 4.03. The van der Waals surface area contributed by atoms with Crippen LogP contribution in [0.15, 0.2) is 18.2 Å². The number of rotatable bonds is 4. The van der Waals surface area contributed by atoms with Crippen molar-refractivity contribution in [2.75, 3.05) is 33.0 Å². The van der Waals surface area contributed by atoms with Gasteiger partial charge in [0.25, 0.3) is 0 Å². The summed E-state index contributed by atoms with van der Waals surface area (Å²) in [5.41, 5.74) is 6.50. The lowest BCUT2D eigenvalue weighted by Gasteiger charge is -2.12. The predicted molar refractivity (Wildman–Crippen MR) is 67.6 cm³/mol. The number of halogens is 1. The Morgan fingerprint density at radius 2 is 2.14 bits per heavy atom. The highest BCUT2D eigenvalue weighted by Gasteiger charge is 2.00. The van der Waals surface area contributed by atoms with Gasteiger partial charge in [-0.25, -0.2) is 0 Å². The highest BCUT2D eigenvalue weighted by Crippen LogP contribution is 2.22. The monoisotopic (exact) mass is 306 g/mol. The Bertz CT molecular complexity index is 302. The van der Waals surface area contributed by atoms with Crippen molar-refractivity contribution in [3.8, 4) is 5.75 Å². The van der Waals surface area contributed by atoms with Crippen LogP contribution in [0.2, 0.25) is 0 Å². The van der Waals surface area contributed by atoms with Gasteiger partial charge in [-0.15, -0.1) is 0 Å². The predicted octanol–water partition coefficient (Wildman–Crippen LogP) is 1.81. The molecule has 0 saturated heterocycles. The van der Waals surface area contributed by atoms with E-state index in [1.807, 2.05) is 32.3 Å². The molecule has 3 nitrogen and oxygen atoms in total. The average Bonchev–Trinajstić information content (AvgIpc) is 2.08. The fraction of sp³-hybridized carbons (Fsp3) is 0.400. The van der Waals surface area contributed by atoms with Crippen LogP contribution in [0.5, 0.6) is 5.75 Å². The highest BCUT2D eigenvalue weighted by atomic mass is 127. The fourth-order valence-electron chi connectivity index (χ4n) is 0.989. The molecule has 4 heteroatoms. The zero-order chi connectivity index (χ0) is 10.6. The van der Waals surface area contributed by atoms with Gasteiger partial charge in [0.2, 0.25) is 0 Å². The quantitative estimate of drug-likeness (QED) is 0.681. The Kier molecular flexibility index (Phi) is 4.47. The summed E-state index contributed by atoms with van der Waals surface area (Å²) < 4.78 is 6.66. The molecule has 1 rings (SSSR count). The van der Waals surface area contributed by atoms with Gasteiger partial charge in [-0.2, -0.15) is 0 Å². The molecule has 0 aromatic heterocycles. The number of nitrogens with zero attached hydrogens (tertiary/aromatic N) is 1. The van der Waals surface area contributed by atoms with Crippen LogP contribution in [0.3, 0.4) is 0 Å². The van der Waals surface area contributed by atoms with Crippen LogP contribution in [0.4, 0.5) is 5.69 Å². The SMILES string of the molecule is CN(C)CCOc1ccc(I)cc1N. The first-order valence-corrected chi connectivity index (χ1v) is 5.50. The molecule has 0 unspecified atom stereocenters. The van der Waals surface area contributed by atoms with Crippen LogP contribution in [-0.2, 0) is 0 Å². The van der Waals surface area contributed by atoms with Crippen LogP contribution in [0.1, 0.15) is 0 Å². The van der Waals surface area contributed by atoms with E-state index >= 15 is 0 Å². The lowest BCUT2D eigenvalue weighted by molar-refractivity contribution is 0.262. The van der Waals surface area contributed by atoms with Crippen molar-refractivity contribution in [2.24, 2.45) is 0 Å². The van der Waals surface area contributed by atoms with Crippen molar-refractivity contribution in [3.63, 3.8) is 0 Å². The normalized spacial score (nSPS) is 10.6. The van der Waals surface area contributed by atoms with Gasteiger partial charge in [0.15, 0.2) is 0 Å². The highest BCUT2D eigenvalue weighted by molar-refractivity contribution is 14.1. The number of ether oxygens (including phenoxy) is 1. The minimum atomic E-state index is 0.664. The molecular weight excluding hydrogens is 291 g/mol. The molecule has 0 bridgehead atoms. The number of nitrogens with two attached hydrogens (primary N) is 1. The Morgan fingerprint density at radius 3 is 2.71 bits per heavy atom. The van der Waals surface area contributed by atoms with Crippen LogP contribution >= 0.6 is 22.6 Å². The third-order valence-corrected chi connectivity index (χ3v) is 2.44. The summed E-state index contributed by atoms with van der Waals surface area (Å²) in [6.45, 7) is 1.56. The second kappa shape index (κ2) is 5.41. The molecule has 0 radical (unpaired) electrons. The van der Waals surface area contributed by atoms with E-state index in [2.05, 4.69) is 27.5 Å². The van der Waals surface area contributed by atoms with Gasteiger partial charge in [-0.3, -0.25) is 0 Å². The maximum absolute atomic E-state index is 5.79. The second-order valence-corrected chi connectivity index (χ2v) is 4.58. The van der Waals surface area contributed by atoms with Crippen molar-refractivity contribution in [2.45, 2.75) is 0 Å². The van der Waals surface area contributed by atoms with Crippen molar-refractivity contribution in [3.05, 3.63) is 21.8 Å². The lowest BCUT2D eigenvalue weighted by Crippen LogP contribution is -2.19. The van der Waals surface area contributed by atoms with Crippen molar-refractivity contribution in [1.29, 1.82) is 0 Å². The average molecular weight is 306 g/mol. The second-order valence-electron chi connectivity index (χ2n) is 3.33. The van der Waals surface area contributed by atoms with Crippen LogP contribution < -0.4 is 10.5 Å². The van der Waals surface area contributed by atoms with Crippen LogP contribution in [0, 0.1) is 3.57 Å². The molecule has 0 aliphatic rings. The van der Waals surface area contributed by atoms with E-state index in [4.69, 9.17) is 10.5 Å². The van der Waals surface area contributed by atoms with Gasteiger partial charge < -0.3 is 15.4 Å². The van der Waals surface area contributed by atoms with Gasteiger partial charge in [0.05, 0.1) is 5.69 Å². The van der Waals surface area contributed by atoms with Gasteiger partial charge in [0.1, 0.15) is 12.4 Å². The lowest BCUT2D eigenvalue weighted by atomic mass is 10.3. The molecular formula is C10H15IN2O. The number of hydrogen-bond acceptors (Lipinski definition) is 3. The van der Waals surface area contributed by atoms with Gasteiger partial charge >= 0.3 is 0 Å². The van der Waals surface area contributed by atoms with Crippen molar-refractivity contribution < 1.29 is 4.74 Å². The number of benzene rings is 1. The zero-order valence-corrected chi connectivity index (χ0v) is 10.6. The van der Waals surface area contributed by atoms with E-state index in [0.29, 0.717) is 12.3 Å². The smallest absolute Gasteiger partial charge is 0.142 e. The van der Waals surface area contributed by atoms with Crippen molar-refractivity contribution >= 4 is 28.3 Å². The molecule has 0 spiro atoms. The van der Waals surface area contributed by atoms with Crippen molar-refractivity contribution in [1.82, 2.24) is 4.90 Å². The molecule has 1 aromatic rings. The Balaban J connectivity index is 2.51. The maximum Gasteiger partial charge on any atom is 0.142 e. The summed E-state index contributed by atoms with van der Waals surface area (Å²) in [6, 6.07) is 5.81. The minimum absolute atomic E-state index is 0.664. The molecule has 0 amide bonds. The maximum atomic E-state index is 5.79. The van der Waals surface area contributed by atoms with E-state index in [9.17, 15) is 0 Å². The summed E-state index contributed by atoms with van der Waals surface area (Å²) in [4.78, 5) is 2.07. The molecule has 14 heavy (non-hydrogen) atoms. The summed E-state index contributed by atoms with van der Waals surface area (Å²) >= 11 is 2.23. The molecule has 2 N–H and O–H groups in total. The van der Waals surface area contributed by atoms with Gasteiger partial charge in [-0.1, -0.05) is 0 Å². The number of likely N-dealkylation sites (N-methyl/N-ethyl adjacent to an activating group) is 1. The molecule has 0 saturated carbocycles. The molecule has 0 aliphatic heterocycles. The third kappa shape index (κ3) is 3.71. The van der Waals surface area contributed by atoms with E-state index in [0.717, 1.165) is 15.9 Å². The van der Waals surface area contributed by atoms with Gasteiger partial charge in [-0.05, 0) is 54.9 Å². The first kappa shape index (κ1) is 11.6.